The van der Waals surface area contributed by atoms with Gasteiger partial charge in [-0.15, -0.1) is 0 Å². The topological polar surface area (TPSA) is 41.5 Å². The minimum atomic E-state index is 0.174. The number of rotatable bonds is 7. The molecule has 94 valence electrons. The second-order valence-corrected chi connectivity index (χ2v) is 4.77. The minimum Gasteiger partial charge on any atom is -0.494 e. The molecule has 1 saturated carbocycles. The maximum atomic E-state index is 9.22. The van der Waals surface area contributed by atoms with Crippen LogP contribution in [0.3, 0.4) is 0 Å². The zero-order chi connectivity index (χ0) is 12.1. The Morgan fingerprint density at radius 2 is 2.06 bits per heavy atom. The number of benzene rings is 1. The first-order valence-corrected chi connectivity index (χ1v) is 6.34. The van der Waals surface area contributed by atoms with Gasteiger partial charge >= 0.3 is 0 Å². The average molecular weight is 235 g/mol. The van der Waals surface area contributed by atoms with E-state index in [1.165, 1.54) is 18.4 Å². The van der Waals surface area contributed by atoms with Crippen LogP contribution >= 0.6 is 0 Å². The fourth-order valence-electron chi connectivity index (χ4n) is 1.76. The molecule has 1 aliphatic carbocycles. The molecule has 0 heterocycles. The fraction of sp³-hybridized carbons (Fsp3) is 0.571. The van der Waals surface area contributed by atoms with Gasteiger partial charge in [-0.05, 0) is 38.3 Å². The van der Waals surface area contributed by atoms with Crippen molar-refractivity contribution in [3.05, 3.63) is 29.8 Å². The number of nitrogens with one attached hydrogen (secondary N) is 1. The lowest BCUT2D eigenvalue weighted by molar-refractivity contribution is 0.207. The number of hydrogen-bond donors (Lipinski definition) is 2. The van der Waals surface area contributed by atoms with Gasteiger partial charge in [0, 0.05) is 12.1 Å². The first-order valence-electron chi connectivity index (χ1n) is 6.34. The Balaban J connectivity index is 1.68. The van der Waals surface area contributed by atoms with Crippen molar-refractivity contribution < 1.29 is 9.84 Å². The summed E-state index contributed by atoms with van der Waals surface area (Å²) in [6.07, 6.45) is 3.34. The van der Waals surface area contributed by atoms with E-state index in [9.17, 15) is 5.11 Å². The monoisotopic (exact) mass is 235 g/mol. The highest BCUT2D eigenvalue weighted by Crippen LogP contribution is 2.20. The summed E-state index contributed by atoms with van der Waals surface area (Å²) >= 11 is 0. The van der Waals surface area contributed by atoms with Gasteiger partial charge in [0.15, 0.2) is 0 Å². The Kier molecular flexibility index (Phi) is 4.40. The Morgan fingerprint density at radius 3 is 2.65 bits per heavy atom. The molecule has 0 aliphatic heterocycles. The molecule has 0 radical (unpaired) electrons. The Morgan fingerprint density at radius 1 is 1.35 bits per heavy atom. The van der Waals surface area contributed by atoms with E-state index < -0.39 is 0 Å². The highest BCUT2D eigenvalue weighted by Gasteiger charge is 2.23. The van der Waals surface area contributed by atoms with Gasteiger partial charge in [0.25, 0.3) is 0 Å². The van der Waals surface area contributed by atoms with Crippen LogP contribution in [0.5, 0.6) is 5.75 Å². The van der Waals surface area contributed by atoms with Crippen molar-refractivity contribution in [2.24, 2.45) is 0 Å². The molecule has 1 aromatic rings. The fourth-order valence-corrected chi connectivity index (χ4v) is 1.76. The van der Waals surface area contributed by atoms with E-state index >= 15 is 0 Å². The highest BCUT2D eigenvalue weighted by molar-refractivity contribution is 5.26. The van der Waals surface area contributed by atoms with Gasteiger partial charge in [0.05, 0.1) is 13.2 Å². The normalized spacial score (nSPS) is 16.8. The summed E-state index contributed by atoms with van der Waals surface area (Å²) < 4.78 is 5.64. The van der Waals surface area contributed by atoms with Crippen LogP contribution in [0.25, 0.3) is 0 Å². The van der Waals surface area contributed by atoms with E-state index in [4.69, 9.17) is 4.74 Å². The van der Waals surface area contributed by atoms with Gasteiger partial charge in [-0.25, -0.2) is 0 Å². The van der Waals surface area contributed by atoms with Crippen LogP contribution in [-0.2, 0) is 0 Å². The Hall–Kier alpha value is -1.06. The largest absolute Gasteiger partial charge is 0.494 e. The number of aliphatic hydroxyl groups is 1. The molecule has 0 bridgehead atoms. The summed E-state index contributed by atoms with van der Waals surface area (Å²) in [7, 11) is 0. The molecule has 1 atom stereocenters. The number of aliphatic hydroxyl groups excluding tert-OH is 1. The van der Waals surface area contributed by atoms with Gasteiger partial charge < -0.3 is 15.2 Å². The van der Waals surface area contributed by atoms with Crippen LogP contribution in [0.2, 0.25) is 0 Å². The predicted molar refractivity (Wildman–Crippen MR) is 68.3 cm³/mol. The van der Waals surface area contributed by atoms with Crippen molar-refractivity contribution in [1.82, 2.24) is 5.32 Å². The van der Waals surface area contributed by atoms with Crippen LogP contribution < -0.4 is 10.1 Å². The van der Waals surface area contributed by atoms with Gasteiger partial charge in [0.1, 0.15) is 5.75 Å². The third-order valence-electron chi connectivity index (χ3n) is 3.03. The molecule has 3 heteroatoms. The molecule has 0 saturated heterocycles. The maximum Gasteiger partial charge on any atom is 0.119 e. The summed E-state index contributed by atoms with van der Waals surface area (Å²) in [5.41, 5.74) is 1.24. The predicted octanol–water partition coefficient (Wildman–Crippen LogP) is 1.88. The molecule has 1 unspecified atom stereocenters. The quantitative estimate of drug-likeness (QED) is 0.758. The first-order chi connectivity index (χ1) is 8.28. The van der Waals surface area contributed by atoms with Crippen molar-refractivity contribution >= 4 is 0 Å². The third-order valence-corrected chi connectivity index (χ3v) is 3.03. The zero-order valence-corrected chi connectivity index (χ0v) is 10.4. The van der Waals surface area contributed by atoms with E-state index in [0.717, 1.165) is 12.2 Å². The van der Waals surface area contributed by atoms with E-state index in [0.29, 0.717) is 12.6 Å². The van der Waals surface area contributed by atoms with Gasteiger partial charge in [-0.3, -0.25) is 0 Å². The van der Waals surface area contributed by atoms with Crippen LogP contribution in [0.1, 0.15) is 24.8 Å². The number of ether oxygens (including phenoxy) is 1. The SMILES string of the molecule is Cc1ccc(OCCC(CO)NC2CC2)cc1. The van der Waals surface area contributed by atoms with Crippen molar-refractivity contribution in [3.63, 3.8) is 0 Å². The summed E-state index contributed by atoms with van der Waals surface area (Å²) in [6, 6.07) is 8.86. The average Bonchev–Trinajstić information content (AvgIpc) is 3.14. The Bertz CT molecular complexity index is 333. The van der Waals surface area contributed by atoms with Crippen LogP contribution in [0, 0.1) is 6.92 Å². The first kappa shape index (κ1) is 12.4. The molecule has 1 aliphatic rings. The smallest absolute Gasteiger partial charge is 0.119 e. The van der Waals surface area contributed by atoms with Crippen molar-refractivity contribution in [2.75, 3.05) is 13.2 Å². The molecule has 2 N–H and O–H groups in total. The maximum absolute atomic E-state index is 9.22. The summed E-state index contributed by atoms with van der Waals surface area (Å²) in [5.74, 6) is 0.902. The minimum absolute atomic E-state index is 0.174. The number of hydrogen-bond acceptors (Lipinski definition) is 3. The lowest BCUT2D eigenvalue weighted by atomic mass is 10.2. The van der Waals surface area contributed by atoms with Crippen LogP contribution in [-0.4, -0.2) is 30.4 Å². The van der Waals surface area contributed by atoms with Crippen molar-refractivity contribution in [2.45, 2.75) is 38.3 Å². The molecular formula is C14H21NO2. The molecule has 0 aromatic heterocycles. The van der Waals surface area contributed by atoms with Crippen LogP contribution in [0.4, 0.5) is 0 Å². The standard InChI is InChI=1S/C14H21NO2/c1-11-2-6-14(7-3-11)17-9-8-13(10-16)15-12-4-5-12/h2-3,6-7,12-13,15-16H,4-5,8-10H2,1H3. The molecule has 3 nitrogen and oxygen atoms in total. The summed E-state index contributed by atoms with van der Waals surface area (Å²) in [5, 5.41) is 12.6. The van der Waals surface area contributed by atoms with Gasteiger partial charge in [-0.1, -0.05) is 17.7 Å². The summed E-state index contributed by atoms with van der Waals surface area (Å²) in [4.78, 5) is 0. The number of aryl methyl sites for hydroxylation is 1. The zero-order valence-electron chi connectivity index (χ0n) is 10.4. The van der Waals surface area contributed by atoms with E-state index in [-0.39, 0.29) is 12.6 Å². The van der Waals surface area contributed by atoms with Gasteiger partial charge in [0.2, 0.25) is 0 Å². The van der Waals surface area contributed by atoms with E-state index in [1.807, 2.05) is 24.3 Å². The molecule has 17 heavy (non-hydrogen) atoms. The van der Waals surface area contributed by atoms with Crippen LogP contribution in [0.15, 0.2) is 24.3 Å². The Labute approximate surface area is 103 Å². The van der Waals surface area contributed by atoms with Gasteiger partial charge in [-0.2, -0.15) is 0 Å². The molecular weight excluding hydrogens is 214 g/mol. The van der Waals surface area contributed by atoms with E-state index in [1.54, 1.807) is 0 Å². The third kappa shape index (κ3) is 4.36. The molecule has 0 amide bonds. The van der Waals surface area contributed by atoms with Crippen molar-refractivity contribution in [3.8, 4) is 5.75 Å². The van der Waals surface area contributed by atoms with E-state index in [2.05, 4.69) is 12.2 Å². The lowest BCUT2D eigenvalue weighted by Gasteiger charge is -2.16. The molecule has 0 spiro atoms. The second-order valence-electron chi connectivity index (χ2n) is 4.77. The van der Waals surface area contributed by atoms with Crippen molar-refractivity contribution in [1.29, 1.82) is 0 Å². The highest BCUT2D eigenvalue weighted by atomic mass is 16.5. The molecule has 1 aromatic carbocycles. The molecule has 2 rings (SSSR count). The summed E-state index contributed by atoms with van der Waals surface area (Å²) in [6.45, 7) is 2.90. The molecule has 1 fully saturated rings. The lowest BCUT2D eigenvalue weighted by Crippen LogP contribution is -2.35. The second kappa shape index (κ2) is 6.03.